The van der Waals surface area contributed by atoms with E-state index in [1.165, 1.54) is 24.0 Å². The summed E-state index contributed by atoms with van der Waals surface area (Å²) >= 11 is 4.64. The number of anilines is 1. The molecule has 0 aliphatic carbocycles. The number of rotatable bonds is 6. The normalized spacial score (nSPS) is 14.0. The van der Waals surface area contributed by atoms with Gasteiger partial charge in [-0.15, -0.1) is 0 Å². The van der Waals surface area contributed by atoms with Crippen LogP contribution >= 0.6 is 27.7 Å². The molecule has 6 nitrogen and oxygen atoms in total. The number of thioether (sulfide) groups is 1. The van der Waals surface area contributed by atoms with Crippen molar-refractivity contribution in [3.8, 4) is 0 Å². The van der Waals surface area contributed by atoms with Gasteiger partial charge in [-0.05, 0) is 29.1 Å². The zero-order valence-electron chi connectivity index (χ0n) is 10.0. The number of aromatic nitrogens is 1. The summed E-state index contributed by atoms with van der Waals surface area (Å²) in [4.78, 5) is 14.3. The highest BCUT2D eigenvalue weighted by Gasteiger charge is 2.22. The fraction of sp³-hybridized carbons (Fsp3) is 0.500. The molecule has 0 aliphatic heterocycles. The van der Waals surface area contributed by atoms with Crippen LogP contribution in [0.15, 0.2) is 16.7 Å². The molecule has 1 aromatic heterocycles. The molecule has 0 amide bonds. The fourth-order valence-electron chi connectivity index (χ4n) is 1.34. The minimum Gasteiger partial charge on any atom is -0.387 e. The van der Waals surface area contributed by atoms with Crippen molar-refractivity contribution in [2.45, 2.75) is 12.5 Å². The minimum absolute atomic E-state index is 0.121. The maximum Gasteiger partial charge on any atom is 0.312 e. The summed E-state index contributed by atoms with van der Waals surface area (Å²) in [6.07, 6.45) is 3.35. The van der Waals surface area contributed by atoms with Crippen LogP contribution in [-0.2, 0) is 0 Å². The summed E-state index contributed by atoms with van der Waals surface area (Å²) in [5.74, 6) is 0.689. The van der Waals surface area contributed by atoms with Crippen molar-refractivity contribution >= 4 is 39.2 Å². The third-order valence-corrected chi connectivity index (χ3v) is 3.47. The Kier molecular flexibility index (Phi) is 5.36. The highest BCUT2D eigenvalue weighted by atomic mass is 79.9. The molecule has 8 heteroatoms. The first-order valence-electron chi connectivity index (χ1n) is 5.11. The second-order valence-electron chi connectivity index (χ2n) is 4.06. The third-order valence-electron chi connectivity index (χ3n) is 2.12. The maximum absolute atomic E-state index is 10.9. The molecule has 0 fully saturated rings. The number of halogens is 1. The second kappa shape index (κ2) is 6.35. The SMILES string of the molecule is CSCC(C)(O)CNc1ncc(Br)cc1[N+](=O)[O-]. The monoisotopic (exact) mass is 335 g/mol. The van der Waals surface area contributed by atoms with Crippen molar-refractivity contribution in [2.75, 3.05) is 23.9 Å². The summed E-state index contributed by atoms with van der Waals surface area (Å²) in [6.45, 7) is 1.87. The summed E-state index contributed by atoms with van der Waals surface area (Å²) in [7, 11) is 0. The van der Waals surface area contributed by atoms with Gasteiger partial charge in [-0.25, -0.2) is 4.98 Å². The van der Waals surface area contributed by atoms with Crippen molar-refractivity contribution in [2.24, 2.45) is 0 Å². The van der Waals surface area contributed by atoms with Crippen molar-refractivity contribution in [1.29, 1.82) is 0 Å². The first-order valence-corrected chi connectivity index (χ1v) is 7.29. The predicted octanol–water partition coefficient (Wildman–Crippen LogP) is 2.28. The molecule has 1 heterocycles. The molecule has 100 valence electrons. The molecule has 0 spiro atoms. The summed E-state index contributed by atoms with van der Waals surface area (Å²) < 4.78 is 0.538. The van der Waals surface area contributed by atoms with Crippen LogP contribution in [0.25, 0.3) is 0 Å². The van der Waals surface area contributed by atoms with Crippen LogP contribution in [-0.4, -0.2) is 39.2 Å². The molecule has 1 aromatic rings. The van der Waals surface area contributed by atoms with Gasteiger partial charge in [-0.1, -0.05) is 0 Å². The molecule has 18 heavy (non-hydrogen) atoms. The van der Waals surface area contributed by atoms with E-state index >= 15 is 0 Å². The van der Waals surface area contributed by atoms with Gasteiger partial charge in [0, 0.05) is 29.0 Å². The van der Waals surface area contributed by atoms with Crippen LogP contribution in [0.1, 0.15) is 6.92 Å². The molecular formula is C10H14BrN3O3S. The molecule has 0 aliphatic rings. The standard InChI is InChI=1S/C10H14BrN3O3S/c1-10(15,6-18-2)5-13-9-8(14(16)17)3-7(11)4-12-9/h3-4,15H,5-6H2,1-2H3,(H,12,13). The first-order chi connectivity index (χ1) is 8.35. The molecule has 0 saturated heterocycles. The van der Waals surface area contributed by atoms with Crippen molar-refractivity contribution in [3.63, 3.8) is 0 Å². The maximum atomic E-state index is 10.9. The van der Waals surface area contributed by atoms with Crippen LogP contribution in [0.4, 0.5) is 11.5 Å². The van der Waals surface area contributed by atoms with Crippen molar-refractivity contribution in [1.82, 2.24) is 4.98 Å². The first kappa shape index (κ1) is 15.2. The molecule has 2 N–H and O–H groups in total. The Bertz CT molecular complexity index is 442. The fourth-order valence-corrected chi connectivity index (χ4v) is 2.38. The smallest absolute Gasteiger partial charge is 0.312 e. The predicted molar refractivity (Wildman–Crippen MR) is 76.1 cm³/mol. The number of nitro groups is 1. The summed E-state index contributed by atoms with van der Waals surface area (Å²) in [5.41, 5.74) is -1.06. The van der Waals surface area contributed by atoms with Gasteiger partial charge in [0.1, 0.15) is 0 Å². The lowest BCUT2D eigenvalue weighted by atomic mass is 10.1. The summed E-state index contributed by atoms with van der Waals surface area (Å²) in [6, 6.07) is 1.37. The van der Waals surface area contributed by atoms with E-state index in [-0.39, 0.29) is 18.1 Å². The Balaban J connectivity index is 2.82. The van der Waals surface area contributed by atoms with E-state index in [1.807, 2.05) is 6.26 Å². The zero-order valence-corrected chi connectivity index (χ0v) is 12.4. The third kappa shape index (κ3) is 4.43. The molecule has 0 aromatic carbocycles. The number of hydrogen-bond donors (Lipinski definition) is 2. The molecule has 1 atom stereocenters. The van der Waals surface area contributed by atoms with Gasteiger partial charge >= 0.3 is 5.69 Å². The van der Waals surface area contributed by atoms with Gasteiger partial charge in [0.05, 0.1) is 10.5 Å². The van der Waals surface area contributed by atoms with E-state index in [1.54, 1.807) is 6.92 Å². The van der Waals surface area contributed by atoms with E-state index in [9.17, 15) is 15.2 Å². The number of pyridine rings is 1. The Hall–Kier alpha value is -0.860. The number of aliphatic hydroxyl groups is 1. The number of hydrogen-bond acceptors (Lipinski definition) is 6. The molecule has 1 rings (SSSR count). The van der Waals surface area contributed by atoms with Crippen LogP contribution in [0.5, 0.6) is 0 Å². The quantitative estimate of drug-likeness (QED) is 0.612. The van der Waals surface area contributed by atoms with E-state index in [2.05, 4.69) is 26.2 Å². The number of nitrogens with zero attached hydrogens (tertiary/aromatic N) is 2. The molecule has 1 unspecified atom stereocenters. The van der Waals surface area contributed by atoms with E-state index in [4.69, 9.17) is 0 Å². The van der Waals surface area contributed by atoms with Crippen molar-refractivity contribution < 1.29 is 10.0 Å². The molecule has 0 radical (unpaired) electrons. The van der Waals surface area contributed by atoms with Gasteiger partial charge in [-0.2, -0.15) is 11.8 Å². The highest BCUT2D eigenvalue weighted by Crippen LogP contribution is 2.25. The minimum atomic E-state index is -0.942. The van der Waals surface area contributed by atoms with Gasteiger partial charge in [0.2, 0.25) is 5.82 Å². The van der Waals surface area contributed by atoms with Gasteiger partial charge < -0.3 is 10.4 Å². The lowest BCUT2D eigenvalue weighted by molar-refractivity contribution is -0.384. The average Bonchev–Trinajstić information content (AvgIpc) is 2.27. The van der Waals surface area contributed by atoms with Crippen LogP contribution < -0.4 is 5.32 Å². The molecule has 0 bridgehead atoms. The van der Waals surface area contributed by atoms with Gasteiger partial charge in [0.25, 0.3) is 0 Å². The lowest BCUT2D eigenvalue weighted by Gasteiger charge is -2.22. The largest absolute Gasteiger partial charge is 0.387 e. The molecular weight excluding hydrogens is 322 g/mol. The highest BCUT2D eigenvalue weighted by molar-refractivity contribution is 9.10. The lowest BCUT2D eigenvalue weighted by Crippen LogP contribution is -2.36. The average molecular weight is 336 g/mol. The Morgan fingerprint density at radius 2 is 2.39 bits per heavy atom. The van der Waals surface area contributed by atoms with Crippen molar-refractivity contribution in [3.05, 3.63) is 26.9 Å². The Morgan fingerprint density at radius 3 is 2.94 bits per heavy atom. The zero-order chi connectivity index (χ0) is 13.8. The van der Waals surface area contributed by atoms with Gasteiger partial charge in [0.15, 0.2) is 0 Å². The molecule has 0 saturated carbocycles. The van der Waals surface area contributed by atoms with Gasteiger partial charge in [-0.3, -0.25) is 10.1 Å². The van der Waals surface area contributed by atoms with Crippen LogP contribution in [0, 0.1) is 10.1 Å². The summed E-state index contributed by atoms with van der Waals surface area (Å²) in [5, 5.41) is 23.6. The Morgan fingerprint density at radius 1 is 1.72 bits per heavy atom. The topological polar surface area (TPSA) is 88.3 Å². The van der Waals surface area contributed by atoms with E-state index < -0.39 is 10.5 Å². The number of nitrogens with one attached hydrogen (secondary N) is 1. The van der Waals surface area contributed by atoms with Crippen LogP contribution in [0.2, 0.25) is 0 Å². The van der Waals surface area contributed by atoms with E-state index in [0.29, 0.717) is 10.2 Å². The van der Waals surface area contributed by atoms with E-state index in [0.717, 1.165) is 0 Å². The van der Waals surface area contributed by atoms with Crippen LogP contribution in [0.3, 0.4) is 0 Å². The Labute approximate surface area is 117 Å². The second-order valence-corrected chi connectivity index (χ2v) is 5.84.